The molecule has 1 fully saturated rings. The van der Waals surface area contributed by atoms with E-state index in [1.54, 1.807) is 0 Å². The van der Waals surface area contributed by atoms with Crippen LogP contribution in [0.2, 0.25) is 0 Å². The Balaban J connectivity index is 2.25. The van der Waals surface area contributed by atoms with Gasteiger partial charge in [-0.3, -0.25) is 14.5 Å². The third-order valence-corrected chi connectivity index (χ3v) is 3.44. The first kappa shape index (κ1) is 16.5. The molecule has 1 heterocycles. The molecule has 1 aliphatic heterocycles. The Labute approximate surface area is 119 Å². The monoisotopic (exact) mass is 282 g/mol. The van der Waals surface area contributed by atoms with E-state index in [2.05, 4.69) is 16.1 Å². The van der Waals surface area contributed by atoms with Crippen LogP contribution in [0.4, 0.5) is 0 Å². The lowest BCUT2D eigenvalue weighted by Crippen LogP contribution is -2.49. The lowest BCUT2D eigenvalue weighted by atomic mass is 10.1. The zero-order valence-electron chi connectivity index (χ0n) is 11.8. The van der Waals surface area contributed by atoms with Crippen LogP contribution in [0, 0.1) is 12.3 Å². The number of nitrogens with zero attached hydrogens (tertiary/aromatic N) is 1. The van der Waals surface area contributed by atoms with Gasteiger partial charge < -0.3 is 15.2 Å². The van der Waals surface area contributed by atoms with Gasteiger partial charge >= 0.3 is 5.97 Å². The summed E-state index contributed by atoms with van der Waals surface area (Å²) in [7, 11) is 0. The minimum atomic E-state index is -0.846. The van der Waals surface area contributed by atoms with Crippen molar-refractivity contribution in [3.05, 3.63) is 0 Å². The van der Waals surface area contributed by atoms with Gasteiger partial charge in [-0.05, 0) is 19.8 Å². The zero-order chi connectivity index (χ0) is 15.0. The lowest BCUT2D eigenvalue weighted by molar-refractivity contribution is -0.139. The molecule has 1 amide bonds. The van der Waals surface area contributed by atoms with E-state index >= 15 is 0 Å². The second kappa shape index (κ2) is 8.56. The molecule has 20 heavy (non-hydrogen) atoms. The van der Waals surface area contributed by atoms with Crippen LogP contribution in [0.1, 0.15) is 26.2 Å². The Morgan fingerprint density at radius 3 is 2.70 bits per heavy atom. The molecule has 0 aromatic carbocycles. The fraction of sp³-hybridized carbons (Fsp3) is 0.714. The molecule has 1 saturated heterocycles. The van der Waals surface area contributed by atoms with Gasteiger partial charge in [0.2, 0.25) is 5.91 Å². The number of carboxylic acid groups (broad SMARTS) is 1. The van der Waals surface area contributed by atoms with E-state index < -0.39 is 5.97 Å². The highest BCUT2D eigenvalue weighted by Crippen LogP contribution is 2.16. The smallest absolute Gasteiger partial charge is 0.305 e. The van der Waals surface area contributed by atoms with Crippen LogP contribution >= 0.6 is 0 Å². The molecule has 1 atom stereocenters. The summed E-state index contributed by atoms with van der Waals surface area (Å²) in [5, 5.41) is 11.2. The minimum Gasteiger partial charge on any atom is -0.481 e. The topological polar surface area (TPSA) is 78.9 Å². The number of carboxylic acids is 1. The largest absolute Gasteiger partial charge is 0.481 e. The van der Waals surface area contributed by atoms with Crippen LogP contribution in [0.25, 0.3) is 0 Å². The number of piperidine rings is 1. The first-order valence-corrected chi connectivity index (χ1v) is 6.83. The van der Waals surface area contributed by atoms with Crippen LogP contribution < -0.4 is 5.32 Å². The summed E-state index contributed by atoms with van der Waals surface area (Å²) in [5.74, 6) is 1.47. The summed E-state index contributed by atoms with van der Waals surface area (Å²) in [6.45, 7) is 3.89. The maximum absolute atomic E-state index is 11.8. The van der Waals surface area contributed by atoms with Crippen molar-refractivity contribution in [2.45, 2.75) is 38.3 Å². The van der Waals surface area contributed by atoms with Gasteiger partial charge in [0.15, 0.2) is 0 Å². The van der Waals surface area contributed by atoms with Gasteiger partial charge in [-0.25, -0.2) is 0 Å². The maximum Gasteiger partial charge on any atom is 0.305 e. The SMILES string of the molecule is C#CCNC(=O)C(C)N1CCC(OCCC(=O)O)CC1. The molecular formula is C14H22N2O4. The first-order chi connectivity index (χ1) is 9.54. The fourth-order valence-electron chi connectivity index (χ4n) is 2.19. The van der Waals surface area contributed by atoms with Crippen molar-refractivity contribution >= 4 is 11.9 Å². The van der Waals surface area contributed by atoms with Crippen molar-refractivity contribution in [1.82, 2.24) is 10.2 Å². The number of aliphatic carboxylic acids is 1. The number of amides is 1. The second-order valence-corrected chi connectivity index (χ2v) is 4.85. The van der Waals surface area contributed by atoms with Crippen molar-refractivity contribution in [3.63, 3.8) is 0 Å². The molecule has 2 N–H and O–H groups in total. The third-order valence-electron chi connectivity index (χ3n) is 3.44. The van der Waals surface area contributed by atoms with Crippen LogP contribution in [0.15, 0.2) is 0 Å². The molecule has 1 aliphatic rings. The highest BCUT2D eigenvalue weighted by molar-refractivity contribution is 5.81. The molecule has 0 aromatic heterocycles. The van der Waals surface area contributed by atoms with Crippen molar-refractivity contribution in [3.8, 4) is 12.3 Å². The predicted octanol–water partition coefficient (Wildman–Crippen LogP) is 0.0800. The first-order valence-electron chi connectivity index (χ1n) is 6.83. The maximum atomic E-state index is 11.8. The Morgan fingerprint density at radius 1 is 1.50 bits per heavy atom. The average molecular weight is 282 g/mol. The summed E-state index contributed by atoms with van der Waals surface area (Å²) in [6, 6.07) is -0.205. The molecule has 0 aliphatic carbocycles. The molecule has 112 valence electrons. The summed E-state index contributed by atoms with van der Waals surface area (Å²) >= 11 is 0. The molecule has 1 unspecified atom stereocenters. The van der Waals surface area contributed by atoms with Gasteiger partial charge in [0.05, 0.1) is 31.7 Å². The number of terminal acetylenes is 1. The number of hydrogen-bond donors (Lipinski definition) is 2. The van der Waals surface area contributed by atoms with Crippen LogP contribution in [-0.4, -0.2) is 60.3 Å². The van der Waals surface area contributed by atoms with Crippen molar-refractivity contribution in [1.29, 1.82) is 0 Å². The van der Waals surface area contributed by atoms with Gasteiger partial charge in [0.25, 0.3) is 0 Å². The van der Waals surface area contributed by atoms with Crippen LogP contribution in [0.5, 0.6) is 0 Å². The number of ether oxygens (including phenoxy) is 1. The summed E-state index contributed by atoms with van der Waals surface area (Å²) in [5.41, 5.74) is 0. The molecule has 0 spiro atoms. The fourth-order valence-corrected chi connectivity index (χ4v) is 2.19. The number of hydrogen-bond acceptors (Lipinski definition) is 4. The Bertz CT molecular complexity index is 370. The highest BCUT2D eigenvalue weighted by Gasteiger charge is 2.26. The van der Waals surface area contributed by atoms with Crippen LogP contribution in [-0.2, 0) is 14.3 Å². The van der Waals surface area contributed by atoms with Gasteiger partial charge in [-0.1, -0.05) is 5.92 Å². The standard InChI is InChI=1S/C14H22N2O4/c1-3-7-15-14(19)11(2)16-8-4-12(5-9-16)20-10-6-13(17)18/h1,11-12H,4-10H2,2H3,(H,15,19)(H,17,18). The Morgan fingerprint density at radius 2 is 2.15 bits per heavy atom. The predicted molar refractivity (Wildman–Crippen MR) is 74.1 cm³/mol. The molecule has 6 nitrogen and oxygen atoms in total. The highest BCUT2D eigenvalue weighted by atomic mass is 16.5. The quantitative estimate of drug-likeness (QED) is 0.647. The molecule has 0 radical (unpaired) electrons. The van der Waals surface area contributed by atoms with E-state index in [1.807, 2.05) is 6.92 Å². The summed E-state index contributed by atoms with van der Waals surface area (Å²) in [4.78, 5) is 24.3. The normalized spacial score (nSPS) is 18.2. The van der Waals surface area contributed by atoms with Crippen LogP contribution in [0.3, 0.4) is 0 Å². The number of nitrogens with one attached hydrogen (secondary N) is 1. The number of carbonyl (C=O) groups is 2. The van der Waals surface area contributed by atoms with E-state index in [1.165, 1.54) is 0 Å². The number of rotatable bonds is 7. The van der Waals surface area contributed by atoms with Crippen molar-refractivity contribution < 1.29 is 19.4 Å². The average Bonchev–Trinajstić information content (AvgIpc) is 2.44. The number of carbonyl (C=O) groups excluding carboxylic acids is 1. The molecule has 1 rings (SSSR count). The summed E-state index contributed by atoms with van der Waals surface area (Å²) in [6.07, 6.45) is 6.85. The van der Waals surface area contributed by atoms with Crippen molar-refractivity contribution in [2.75, 3.05) is 26.2 Å². The molecule has 6 heteroatoms. The van der Waals surface area contributed by atoms with Gasteiger partial charge in [0.1, 0.15) is 0 Å². The molecule has 0 aromatic rings. The van der Waals surface area contributed by atoms with Gasteiger partial charge in [0, 0.05) is 13.1 Å². The molecule has 0 saturated carbocycles. The van der Waals surface area contributed by atoms with Gasteiger partial charge in [-0.2, -0.15) is 0 Å². The van der Waals surface area contributed by atoms with Crippen molar-refractivity contribution in [2.24, 2.45) is 0 Å². The Kier molecular flexibility index (Phi) is 7.05. The van der Waals surface area contributed by atoms with E-state index in [4.69, 9.17) is 16.3 Å². The van der Waals surface area contributed by atoms with E-state index in [0.717, 1.165) is 25.9 Å². The lowest BCUT2D eigenvalue weighted by Gasteiger charge is -2.35. The third kappa shape index (κ3) is 5.59. The molecular weight excluding hydrogens is 260 g/mol. The number of likely N-dealkylation sites (tertiary alicyclic amines) is 1. The second-order valence-electron chi connectivity index (χ2n) is 4.85. The molecule has 0 bridgehead atoms. The van der Waals surface area contributed by atoms with E-state index in [0.29, 0.717) is 0 Å². The zero-order valence-corrected chi connectivity index (χ0v) is 11.8. The van der Waals surface area contributed by atoms with Gasteiger partial charge in [-0.15, -0.1) is 6.42 Å². The summed E-state index contributed by atoms with van der Waals surface area (Å²) < 4.78 is 5.51. The van der Waals surface area contributed by atoms with E-state index in [9.17, 15) is 9.59 Å². The Hall–Kier alpha value is -1.58. The van der Waals surface area contributed by atoms with E-state index in [-0.39, 0.29) is 37.6 Å². The minimum absolute atomic E-state index is 0.0328.